The van der Waals surface area contributed by atoms with Gasteiger partial charge >= 0.3 is 0 Å². The number of nitrogen functional groups attached to an aromatic ring is 1. The van der Waals surface area contributed by atoms with E-state index in [1.807, 2.05) is 18.7 Å². The van der Waals surface area contributed by atoms with Gasteiger partial charge in [-0.1, -0.05) is 0 Å². The molecule has 7 nitrogen and oxygen atoms in total. The number of carbonyl (C=O) groups excluding carboxylic acids is 1. The molecule has 1 aromatic rings. The lowest BCUT2D eigenvalue weighted by molar-refractivity contribution is -0.119. The van der Waals surface area contributed by atoms with Crippen LogP contribution in [0.15, 0.2) is 0 Å². The van der Waals surface area contributed by atoms with E-state index in [0.717, 1.165) is 11.4 Å². The molecule has 0 aliphatic carbocycles. The monoisotopic (exact) mass is 252 g/mol. The first-order valence-corrected chi connectivity index (χ1v) is 5.80. The predicted octanol–water partition coefficient (Wildman–Crippen LogP) is -0.0487. The van der Waals surface area contributed by atoms with Crippen molar-refractivity contribution >= 4 is 17.5 Å². The van der Waals surface area contributed by atoms with Crippen LogP contribution in [0.25, 0.3) is 0 Å². The summed E-state index contributed by atoms with van der Waals surface area (Å²) < 4.78 is 0. The number of rotatable bonds is 5. The molecular formula is C11H20N6O. The molecule has 1 amide bonds. The van der Waals surface area contributed by atoms with E-state index < -0.39 is 0 Å². The van der Waals surface area contributed by atoms with Gasteiger partial charge in [-0.2, -0.15) is 0 Å². The van der Waals surface area contributed by atoms with Crippen LogP contribution in [0.3, 0.4) is 0 Å². The van der Waals surface area contributed by atoms with Crippen LogP contribution in [0.2, 0.25) is 0 Å². The molecule has 18 heavy (non-hydrogen) atoms. The van der Waals surface area contributed by atoms with Crippen LogP contribution in [-0.4, -0.2) is 36.0 Å². The normalized spacial score (nSPS) is 10.1. The van der Waals surface area contributed by atoms with Crippen molar-refractivity contribution in [2.24, 2.45) is 5.84 Å². The molecular weight excluding hydrogens is 232 g/mol. The van der Waals surface area contributed by atoms with Crippen LogP contribution >= 0.6 is 0 Å². The molecule has 1 aromatic heterocycles. The van der Waals surface area contributed by atoms with Crippen LogP contribution in [0.5, 0.6) is 0 Å². The first kappa shape index (κ1) is 14.2. The summed E-state index contributed by atoms with van der Waals surface area (Å²) in [7, 11) is 1.61. The number of amides is 1. The van der Waals surface area contributed by atoms with E-state index in [0.29, 0.717) is 18.2 Å². The Balaban J connectivity index is 3.12. The second kappa shape index (κ2) is 6.15. The van der Waals surface area contributed by atoms with Crippen molar-refractivity contribution in [2.45, 2.75) is 20.8 Å². The summed E-state index contributed by atoms with van der Waals surface area (Å²) in [5, 5.41) is 2.60. The largest absolute Gasteiger partial charge is 0.358 e. The highest BCUT2D eigenvalue weighted by atomic mass is 16.1. The van der Waals surface area contributed by atoms with Crippen molar-refractivity contribution in [3.05, 3.63) is 11.4 Å². The number of carbonyl (C=O) groups is 1. The molecule has 0 fully saturated rings. The number of nitrogens with zero attached hydrogens (tertiary/aromatic N) is 3. The van der Waals surface area contributed by atoms with Crippen molar-refractivity contribution in [2.75, 3.05) is 30.5 Å². The zero-order valence-electron chi connectivity index (χ0n) is 11.2. The summed E-state index contributed by atoms with van der Waals surface area (Å²) in [6.07, 6.45) is 0. The van der Waals surface area contributed by atoms with Crippen LogP contribution in [-0.2, 0) is 4.79 Å². The van der Waals surface area contributed by atoms with E-state index in [-0.39, 0.29) is 12.5 Å². The third kappa shape index (κ3) is 3.07. The van der Waals surface area contributed by atoms with Crippen molar-refractivity contribution in [3.8, 4) is 0 Å². The highest BCUT2D eigenvalue weighted by Crippen LogP contribution is 2.22. The first-order chi connectivity index (χ1) is 8.53. The summed E-state index contributed by atoms with van der Waals surface area (Å²) in [4.78, 5) is 21.9. The van der Waals surface area contributed by atoms with Gasteiger partial charge in [0.2, 0.25) is 5.91 Å². The Morgan fingerprint density at radius 1 is 1.39 bits per heavy atom. The number of hydrazine groups is 1. The van der Waals surface area contributed by atoms with Crippen LogP contribution in [0.4, 0.5) is 11.6 Å². The minimum Gasteiger partial charge on any atom is -0.358 e. The Morgan fingerprint density at radius 3 is 2.56 bits per heavy atom. The maximum absolute atomic E-state index is 11.5. The summed E-state index contributed by atoms with van der Waals surface area (Å²) >= 11 is 0. The summed E-state index contributed by atoms with van der Waals surface area (Å²) in [5.74, 6) is 7.27. The molecule has 0 saturated heterocycles. The lowest BCUT2D eigenvalue weighted by Crippen LogP contribution is -2.36. The number of aryl methyl sites for hydroxylation is 1. The number of anilines is 2. The molecule has 7 heteroatoms. The smallest absolute Gasteiger partial charge is 0.239 e. The third-order valence-electron chi connectivity index (χ3n) is 2.66. The SMILES string of the molecule is CCN(CC(=O)NC)c1nc(C)nc(NN)c1C. The van der Waals surface area contributed by atoms with Gasteiger partial charge in [0.1, 0.15) is 17.5 Å². The number of nitrogens with one attached hydrogen (secondary N) is 2. The maximum Gasteiger partial charge on any atom is 0.239 e. The lowest BCUT2D eigenvalue weighted by atomic mass is 10.2. The van der Waals surface area contributed by atoms with E-state index >= 15 is 0 Å². The Hall–Kier alpha value is -1.89. The molecule has 0 aromatic carbocycles. The minimum atomic E-state index is -0.0604. The van der Waals surface area contributed by atoms with Gasteiger partial charge in [-0.05, 0) is 20.8 Å². The number of likely N-dealkylation sites (N-methyl/N-ethyl adjacent to an activating group) is 2. The van der Waals surface area contributed by atoms with Crippen LogP contribution in [0, 0.1) is 13.8 Å². The molecule has 1 heterocycles. The second-order valence-electron chi connectivity index (χ2n) is 3.90. The fourth-order valence-corrected chi connectivity index (χ4v) is 1.65. The molecule has 0 bridgehead atoms. The minimum absolute atomic E-state index is 0.0604. The second-order valence-corrected chi connectivity index (χ2v) is 3.90. The van der Waals surface area contributed by atoms with Gasteiger partial charge in [-0.15, -0.1) is 0 Å². The van der Waals surface area contributed by atoms with Gasteiger partial charge in [-0.25, -0.2) is 15.8 Å². The van der Waals surface area contributed by atoms with Crippen molar-refractivity contribution in [3.63, 3.8) is 0 Å². The van der Waals surface area contributed by atoms with Gasteiger partial charge in [-0.3, -0.25) is 4.79 Å². The van der Waals surface area contributed by atoms with E-state index in [2.05, 4.69) is 20.7 Å². The highest BCUT2D eigenvalue weighted by molar-refractivity contribution is 5.81. The number of aromatic nitrogens is 2. The van der Waals surface area contributed by atoms with Gasteiger partial charge in [0.25, 0.3) is 0 Å². The van der Waals surface area contributed by atoms with E-state index in [9.17, 15) is 4.79 Å². The lowest BCUT2D eigenvalue weighted by Gasteiger charge is -2.23. The van der Waals surface area contributed by atoms with E-state index in [1.165, 1.54) is 0 Å². The summed E-state index contributed by atoms with van der Waals surface area (Å²) in [5.41, 5.74) is 3.37. The van der Waals surface area contributed by atoms with E-state index in [1.54, 1.807) is 14.0 Å². The Bertz CT molecular complexity index is 434. The Morgan fingerprint density at radius 2 is 2.06 bits per heavy atom. The zero-order chi connectivity index (χ0) is 13.7. The fraction of sp³-hybridized carbons (Fsp3) is 0.545. The van der Waals surface area contributed by atoms with Gasteiger partial charge < -0.3 is 15.6 Å². The molecule has 100 valence electrons. The molecule has 0 saturated carbocycles. The molecule has 0 spiro atoms. The van der Waals surface area contributed by atoms with Gasteiger partial charge in [0.15, 0.2) is 0 Å². The van der Waals surface area contributed by atoms with Crippen molar-refractivity contribution in [1.82, 2.24) is 15.3 Å². The topological polar surface area (TPSA) is 96.2 Å². The van der Waals surface area contributed by atoms with Crippen LogP contribution < -0.4 is 21.5 Å². The molecule has 0 aliphatic rings. The Kier molecular flexibility index (Phi) is 4.85. The number of hydrogen-bond donors (Lipinski definition) is 3. The average Bonchev–Trinajstić information content (AvgIpc) is 2.38. The van der Waals surface area contributed by atoms with E-state index in [4.69, 9.17) is 5.84 Å². The molecule has 4 N–H and O–H groups in total. The molecule has 0 unspecified atom stereocenters. The number of hydrogen-bond acceptors (Lipinski definition) is 6. The van der Waals surface area contributed by atoms with Crippen molar-refractivity contribution < 1.29 is 4.79 Å². The predicted molar refractivity (Wildman–Crippen MR) is 71.3 cm³/mol. The zero-order valence-corrected chi connectivity index (χ0v) is 11.2. The maximum atomic E-state index is 11.5. The summed E-state index contributed by atoms with van der Waals surface area (Å²) in [6.45, 7) is 6.56. The van der Waals surface area contributed by atoms with Gasteiger partial charge in [0.05, 0.1) is 6.54 Å². The highest BCUT2D eigenvalue weighted by Gasteiger charge is 2.16. The average molecular weight is 252 g/mol. The summed E-state index contributed by atoms with van der Waals surface area (Å²) in [6, 6.07) is 0. The molecule has 0 aliphatic heterocycles. The fourth-order valence-electron chi connectivity index (χ4n) is 1.65. The molecule has 0 radical (unpaired) electrons. The molecule has 0 atom stereocenters. The standard InChI is InChI=1S/C11H20N6O/c1-5-17(6-9(18)13-4)11-7(2)10(16-12)14-8(3)15-11/h5-6,12H2,1-4H3,(H,13,18)(H,14,15,16). The number of nitrogens with two attached hydrogens (primary N) is 1. The third-order valence-corrected chi connectivity index (χ3v) is 2.66. The quantitative estimate of drug-likeness (QED) is 0.502. The van der Waals surface area contributed by atoms with Gasteiger partial charge in [0, 0.05) is 19.2 Å². The molecule has 1 rings (SSSR count). The Labute approximate surface area is 107 Å². The van der Waals surface area contributed by atoms with Crippen LogP contribution in [0.1, 0.15) is 18.3 Å². The van der Waals surface area contributed by atoms with Crippen molar-refractivity contribution in [1.29, 1.82) is 0 Å². The first-order valence-electron chi connectivity index (χ1n) is 5.80.